The van der Waals surface area contributed by atoms with Crippen LogP contribution >= 0.6 is 11.6 Å². The van der Waals surface area contributed by atoms with Gasteiger partial charge in [-0.25, -0.2) is 9.97 Å². The van der Waals surface area contributed by atoms with E-state index in [1.807, 2.05) is 31.1 Å². The SMILES string of the molecule is CN(C)c1ncc(-c2ccc(C(N)=O)cc2)c(C2CCCN(C(=O)CCl)C2)n1. The molecular formula is C20H24ClN5O2. The molecule has 1 atom stereocenters. The summed E-state index contributed by atoms with van der Waals surface area (Å²) in [4.78, 5) is 36.4. The minimum absolute atomic E-state index is 0.0130. The molecule has 0 radical (unpaired) electrons. The Hall–Kier alpha value is -2.67. The van der Waals surface area contributed by atoms with Crippen molar-refractivity contribution < 1.29 is 9.59 Å². The van der Waals surface area contributed by atoms with Gasteiger partial charge in [-0.05, 0) is 30.5 Å². The molecule has 0 spiro atoms. The van der Waals surface area contributed by atoms with E-state index in [1.54, 1.807) is 23.2 Å². The average molecular weight is 402 g/mol. The van der Waals surface area contributed by atoms with E-state index in [2.05, 4.69) is 4.98 Å². The number of anilines is 1. The van der Waals surface area contributed by atoms with Gasteiger partial charge in [0.25, 0.3) is 0 Å². The van der Waals surface area contributed by atoms with Crippen molar-refractivity contribution in [1.29, 1.82) is 0 Å². The lowest BCUT2D eigenvalue weighted by Gasteiger charge is -2.33. The standard InChI is InChI=1S/C20H24ClN5O2/c1-25(2)20-23-11-16(13-5-7-14(8-6-13)19(22)28)18(24-20)15-4-3-9-26(12-15)17(27)10-21/h5-8,11,15H,3-4,9-10,12H2,1-2H3,(H2,22,28). The Kier molecular flexibility index (Phi) is 6.14. The van der Waals surface area contributed by atoms with Crippen LogP contribution in [0.2, 0.25) is 0 Å². The van der Waals surface area contributed by atoms with Crippen LogP contribution in [-0.4, -0.2) is 59.7 Å². The molecule has 7 nitrogen and oxygen atoms in total. The van der Waals surface area contributed by atoms with Gasteiger partial charge in [0, 0.05) is 50.4 Å². The van der Waals surface area contributed by atoms with Gasteiger partial charge in [0.1, 0.15) is 5.88 Å². The number of carbonyl (C=O) groups excluding carboxylic acids is 2. The molecule has 28 heavy (non-hydrogen) atoms. The summed E-state index contributed by atoms with van der Waals surface area (Å²) in [6.07, 6.45) is 3.64. The lowest BCUT2D eigenvalue weighted by molar-refractivity contribution is -0.129. The molecule has 1 aromatic carbocycles. The Morgan fingerprint density at radius 3 is 2.61 bits per heavy atom. The highest BCUT2D eigenvalue weighted by molar-refractivity contribution is 6.27. The number of alkyl halides is 1. The Bertz CT molecular complexity index is 869. The maximum absolute atomic E-state index is 12.1. The summed E-state index contributed by atoms with van der Waals surface area (Å²) in [5, 5.41) is 0. The maximum atomic E-state index is 12.1. The summed E-state index contributed by atoms with van der Waals surface area (Å²) >= 11 is 5.75. The van der Waals surface area contributed by atoms with Crippen LogP contribution in [0.3, 0.4) is 0 Å². The fraction of sp³-hybridized carbons (Fsp3) is 0.400. The number of rotatable bonds is 5. The molecule has 1 aromatic heterocycles. The van der Waals surface area contributed by atoms with Gasteiger partial charge in [-0.1, -0.05) is 12.1 Å². The van der Waals surface area contributed by atoms with Crippen molar-refractivity contribution in [2.75, 3.05) is 38.0 Å². The number of amides is 2. The van der Waals surface area contributed by atoms with Crippen LogP contribution in [0.25, 0.3) is 11.1 Å². The smallest absolute Gasteiger partial charge is 0.248 e. The Morgan fingerprint density at radius 1 is 1.29 bits per heavy atom. The minimum Gasteiger partial charge on any atom is -0.366 e. The fourth-order valence-corrected chi connectivity index (χ4v) is 3.63. The van der Waals surface area contributed by atoms with Gasteiger partial charge >= 0.3 is 0 Å². The number of likely N-dealkylation sites (tertiary alicyclic amines) is 1. The highest BCUT2D eigenvalue weighted by Crippen LogP contribution is 2.34. The van der Waals surface area contributed by atoms with Crippen molar-refractivity contribution in [2.24, 2.45) is 5.73 Å². The fourth-order valence-electron chi connectivity index (χ4n) is 3.46. The first-order chi connectivity index (χ1) is 13.4. The lowest BCUT2D eigenvalue weighted by atomic mass is 9.89. The first-order valence-electron chi connectivity index (χ1n) is 9.19. The molecule has 8 heteroatoms. The highest BCUT2D eigenvalue weighted by atomic mass is 35.5. The van der Waals surface area contributed by atoms with Crippen LogP contribution in [-0.2, 0) is 4.79 Å². The molecule has 148 valence electrons. The summed E-state index contributed by atoms with van der Waals surface area (Å²) < 4.78 is 0. The van der Waals surface area contributed by atoms with Gasteiger partial charge in [0.05, 0.1) is 5.69 Å². The van der Waals surface area contributed by atoms with E-state index < -0.39 is 5.91 Å². The van der Waals surface area contributed by atoms with Gasteiger partial charge in [0.2, 0.25) is 17.8 Å². The third kappa shape index (κ3) is 4.25. The van der Waals surface area contributed by atoms with E-state index in [4.69, 9.17) is 22.3 Å². The molecule has 1 aliphatic heterocycles. The van der Waals surface area contributed by atoms with E-state index >= 15 is 0 Å². The van der Waals surface area contributed by atoms with Gasteiger partial charge in [-0.2, -0.15) is 0 Å². The van der Waals surface area contributed by atoms with Crippen LogP contribution in [0.5, 0.6) is 0 Å². The van der Waals surface area contributed by atoms with Gasteiger partial charge in [0.15, 0.2) is 0 Å². The Balaban J connectivity index is 2.01. The third-order valence-corrected chi connectivity index (χ3v) is 5.19. The molecule has 1 unspecified atom stereocenters. The first-order valence-corrected chi connectivity index (χ1v) is 9.72. The predicted molar refractivity (Wildman–Crippen MR) is 110 cm³/mol. The number of aromatic nitrogens is 2. The largest absolute Gasteiger partial charge is 0.366 e. The number of primary amides is 1. The normalized spacial score (nSPS) is 16.7. The molecule has 1 aliphatic rings. The molecule has 2 aromatic rings. The number of hydrogen-bond donors (Lipinski definition) is 1. The topological polar surface area (TPSA) is 92.4 Å². The third-order valence-electron chi connectivity index (χ3n) is 4.96. The Labute approximate surface area is 169 Å². The zero-order valence-corrected chi connectivity index (χ0v) is 16.8. The van der Waals surface area contributed by atoms with Gasteiger partial charge in [-0.3, -0.25) is 9.59 Å². The van der Waals surface area contributed by atoms with Gasteiger partial charge < -0.3 is 15.5 Å². The quantitative estimate of drug-likeness (QED) is 0.775. The molecular weight excluding hydrogens is 378 g/mol. The van der Waals surface area contributed by atoms with Crippen LogP contribution < -0.4 is 10.6 Å². The van der Waals surface area contributed by atoms with Crippen LogP contribution in [0.1, 0.15) is 34.8 Å². The maximum Gasteiger partial charge on any atom is 0.248 e. The van der Waals surface area contributed by atoms with E-state index in [0.29, 0.717) is 18.1 Å². The van der Waals surface area contributed by atoms with Crippen molar-refractivity contribution in [3.8, 4) is 11.1 Å². The molecule has 0 bridgehead atoms. The number of carbonyl (C=O) groups is 2. The summed E-state index contributed by atoms with van der Waals surface area (Å²) in [6, 6.07) is 7.10. The zero-order chi connectivity index (χ0) is 20.3. The number of nitrogens with two attached hydrogens (primary N) is 1. The van der Waals surface area contributed by atoms with Crippen molar-refractivity contribution >= 4 is 29.4 Å². The second-order valence-electron chi connectivity index (χ2n) is 7.12. The van der Waals surface area contributed by atoms with Crippen LogP contribution in [0.4, 0.5) is 5.95 Å². The first kappa shape index (κ1) is 20.1. The highest BCUT2D eigenvalue weighted by Gasteiger charge is 2.28. The Morgan fingerprint density at radius 2 is 2.00 bits per heavy atom. The second-order valence-corrected chi connectivity index (χ2v) is 7.38. The molecule has 1 fully saturated rings. The van der Waals surface area contributed by atoms with E-state index in [1.165, 1.54) is 0 Å². The molecule has 2 heterocycles. The van der Waals surface area contributed by atoms with E-state index in [-0.39, 0.29) is 17.7 Å². The molecule has 0 aliphatic carbocycles. The van der Waals surface area contributed by atoms with Crippen molar-refractivity contribution in [2.45, 2.75) is 18.8 Å². The number of hydrogen-bond acceptors (Lipinski definition) is 5. The number of piperidine rings is 1. The second kappa shape index (κ2) is 8.56. The van der Waals surface area contributed by atoms with Crippen LogP contribution in [0, 0.1) is 0 Å². The van der Waals surface area contributed by atoms with Crippen molar-refractivity contribution in [3.05, 3.63) is 41.7 Å². The number of halogens is 1. The number of nitrogens with zero attached hydrogens (tertiary/aromatic N) is 4. The van der Waals surface area contributed by atoms with Crippen molar-refractivity contribution in [3.63, 3.8) is 0 Å². The molecule has 1 saturated heterocycles. The summed E-state index contributed by atoms with van der Waals surface area (Å²) in [5.41, 5.74) is 8.50. The van der Waals surface area contributed by atoms with E-state index in [9.17, 15) is 9.59 Å². The lowest BCUT2D eigenvalue weighted by Crippen LogP contribution is -2.40. The molecule has 3 rings (SSSR count). The monoisotopic (exact) mass is 401 g/mol. The van der Waals surface area contributed by atoms with Crippen molar-refractivity contribution in [1.82, 2.24) is 14.9 Å². The summed E-state index contributed by atoms with van der Waals surface area (Å²) in [7, 11) is 3.79. The molecule has 2 amide bonds. The zero-order valence-electron chi connectivity index (χ0n) is 16.1. The average Bonchev–Trinajstić information content (AvgIpc) is 2.72. The summed E-state index contributed by atoms with van der Waals surface area (Å²) in [5.74, 6) is 0.178. The van der Waals surface area contributed by atoms with E-state index in [0.717, 1.165) is 36.2 Å². The van der Waals surface area contributed by atoms with Crippen LogP contribution in [0.15, 0.2) is 30.5 Å². The predicted octanol–water partition coefficient (Wildman–Crippen LogP) is 2.25. The summed E-state index contributed by atoms with van der Waals surface area (Å²) in [6.45, 7) is 1.30. The van der Waals surface area contributed by atoms with Gasteiger partial charge in [-0.15, -0.1) is 11.6 Å². The number of benzene rings is 1. The molecule has 0 saturated carbocycles. The minimum atomic E-state index is -0.464. The molecule has 2 N–H and O–H groups in total.